The van der Waals surface area contributed by atoms with Crippen LogP contribution in [0.2, 0.25) is 0 Å². The Morgan fingerprint density at radius 2 is 2.29 bits per heavy atom. The van der Waals surface area contributed by atoms with Gasteiger partial charge in [0.2, 0.25) is 0 Å². The van der Waals surface area contributed by atoms with Gasteiger partial charge in [-0.25, -0.2) is 4.98 Å². The van der Waals surface area contributed by atoms with E-state index in [2.05, 4.69) is 20.9 Å². The summed E-state index contributed by atoms with van der Waals surface area (Å²) in [4.78, 5) is 3.95. The van der Waals surface area contributed by atoms with E-state index in [4.69, 9.17) is 9.84 Å². The zero-order valence-corrected chi connectivity index (χ0v) is 10.8. The molecule has 0 aliphatic carbocycles. The van der Waals surface area contributed by atoms with Crippen molar-refractivity contribution < 1.29 is 9.84 Å². The standard InChI is InChI=1S/C12H13BrN2O2/c13-12-2-1-11(7-10(12)8-16)17-6-5-15-4-3-14-9-15/h1-4,7,9,16H,5-6,8H2. The average Bonchev–Trinajstić information content (AvgIpc) is 2.84. The molecular weight excluding hydrogens is 284 g/mol. The Morgan fingerprint density at radius 1 is 1.41 bits per heavy atom. The third-order valence-electron chi connectivity index (χ3n) is 2.36. The van der Waals surface area contributed by atoms with Gasteiger partial charge in [0.15, 0.2) is 0 Å². The Labute approximate surface area is 108 Å². The number of nitrogens with zero attached hydrogens (tertiary/aromatic N) is 2. The van der Waals surface area contributed by atoms with E-state index in [1.54, 1.807) is 12.5 Å². The van der Waals surface area contributed by atoms with Gasteiger partial charge in [0.1, 0.15) is 12.4 Å². The van der Waals surface area contributed by atoms with Crippen LogP contribution in [0.1, 0.15) is 5.56 Å². The van der Waals surface area contributed by atoms with Crippen LogP contribution in [-0.4, -0.2) is 21.3 Å². The highest BCUT2D eigenvalue weighted by Crippen LogP contribution is 2.22. The zero-order valence-electron chi connectivity index (χ0n) is 9.21. The Balaban J connectivity index is 1.90. The molecule has 0 aliphatic rings. The van der Waals surface area contributed by atoms with E-state index in [1.807, 2.05) is 29.0 Å². The molecule has 1 N–H and O–H groups in total. The summed E-state index contributed by atoms with van der Waals surface area (Å²) >= 11 is 3.36. The highest BCUT2D eigenvalue weighted by molar-refractivity contribution is 9.10. The lowest BCUT2D eigenvalue weighted by Gasteiger charge is -2.08. The van der Waals surface area contributed by atoms with Gasteiger partial charge >= 0.3 is 0 Å². The Morgan fingerprint density at radius 3 is 3.00 bits per heavy atom. The smallest absolute Gasteiger partial charge is 0.119 e. The number of halogens is 1. The molecule has 5 heteroatoms. The van der Waals surface area contributed by atoms with Gasteiger partial charge in [-0.3, -0.25) is 0 Å². The van der Waals surface area contributed by atoms with Crippen molar-refractivity contribution in [1.82, 2.24) is 9.55 Å². The third-order valence-corrected chi connectivity index (χ3v) is 3.14. The number of aliphatic hydroxyl groups is 1. The fraction of sp³-hybridized carbons (Fsp3) is 0.250. The van der Waals surface area contributed by atoms with Crippen LogP contribution in [-0.2, 0) is 13.2 Å². The number of hydrogen-bond acceptors (Lipinski definition) is 3. The molecule has 4 nitrogen and oxygen atoms in total. The van der Waals surface area contributed by atoms with Crippen molar-refractivity contribution in [3.8, 4) is 5.75 Å². The van der Waals surface area contributed by atoms with Crippen LogP contribution in [0.3, 0.4) is 0 Å². The highest BCUT2D eigenvalue weighted by Gasteiger charge is 2.01. The molecule has 90 valence electrons. The topological polar surface area (TPSA) is 47.3 Å². The SMILES string of the molecule is OCc1cc(OCCn2ccnc2)ccc1Br. The molecule has 2 aromatic rings. The molecule has 0 unspecified atom stereocenters. The molecule has 2 rings (SSSR count). The molecule has 17 heavy (non-hydrogen) atoms. The maximum atomic E-state index is 9.12. The van der Waals surface area contributed by atoms with E-state index in [-0.39, 0.29) is 6.61 Å². The van der Waals surface area contributed by atoms with E-state index in [0.717, 1.165) is 22.3 Å². The number of ether oxygens (including phenoxy) is 1. The van der Waals surface area contributed by atoms with Crippen LogP contribution in [0.5, 0.6) is 5.75 Å². The van der Waals surface area contributed by atoms with Crippen LogP contribution in [0, 0.1) is 0 Å². The minimum atomic E-state index is -0.000691. The molecule has 1 heterocycles. The maximum absolute atomic E-state index is 9.12. The predicted octanol–water partition coefficient (Wildman–Crippen LogP) is 2.22. The summed E-state index contributed by atoms with van der Waals surface area (Å²) in [5.74, 6) is 0.761. The van der Waals surface area contributed by atoms with Crippen LogP contribution < -0.4 is 4.74 Å². The summed E-state index contributed by atoms with van der Waals surface area (Å²) in [6.45, 7) is 1.33. The van der Waals surface area contributed by atoms with Gasteiger partial charge in [-0.15, -0.1) is 0 Å². The molecule has 1 aromatic carbocycles. The molecular formula is C12H13BrN2O2. The van der Waals surface area contributed by atoms with Crippen LogP contribution in [0.15, 0.2) is 41.4 Å². The third kappa shape index (κ3) is 3.31. The lowest BCUT2D eigenvalue weighted by atomic mass is 10.2. The summed E-state index contributed by atoms with van der Waals surface area (Å²) in [6.07, 6.45) is 5.39. The van der Waals surface area contributed by atoms with Crippen molar-refractivity contribution in [2.45, 2.75) is 13.2 Å². The fourth-order valence-corrected chi connectivity index (χ4v) is 1.82. The first kappa shape index (κ1) is 12.1. The molecule has 0 aliphatic heterocycles. The van der Waals surface area contributed by atoms with Gasteiger partial charge in [-0.2, -0.15) is 0 Å². The Hall–Kier alpha value is -1.33. The molecule has 0 bridgehead atoms. The second kappa shape index (κ2) is 5.84. The summed E-state index contributed by atoms with van der Waals surface area (Å²) in [6, 6.07) is 5.58. The number of aromatic nitrogens is 2. The van der Waals surface area contributed by atoms with Gasteiger partial charge in [0, 0.05) is 16.9 Å². The summed E-state index contributed by atoms with van der Waals surface area (Å²) in [7, 11) is 0. The van der Waals surface area contributed by atoms with E-state index < -0.39 is 0 Å². The van der Waals surface area contributed by atoms with Crippen molar-refractivity contribution >= 4 is 15.9 Å². The lowest BCUT2D eigenvalue weighted by Crippen LogP contribution is -2.06. The molecule has 0 atom stereocenters. The van der Waals surface area contributed by atoms with E-state index in [9.17, 15) is 0 Å². The van der Waals surface area contributed by atoms with Crippen molar-refractivity contribution in [3.63, 3.8) is 0 Å². The van der Waals surface area contributed by atoms with E-state index in [1.165, 1.54) is 0 Å². The fourth-order valence-electron chi connectivity index (χ4n) is 1.45. The Kier molecular flexibility index (Phi) is 4.17. The molecule has 0 fully saturated rings. The van der Waals surface area contributed by atoms with Gasteiger partial charge in [0.05, 0.1) is 19.5 Å². The number of hydrogen-bond donors (Lipinski definition) is 1. The molecule has 0 spiro atoms. The van der Waals surface area contributed by atoms with Crippen LogP contribution >= 0.6 is 15.9 Å². The number of imidazole rings is 1. The number of aliphatic hydroxyl groups excluding tert-OH is 1. The number of benzene rings is 1. The first-order valence-corrected chi connectivity index (χ1v) is 6.06. The van der Waals surface area contributed by atoms with Gasteiger partial charge in [-0.05, 0) is 23.8 Å². The lowest BCUT2D eigenvalue weighted by molar-refractivity contribution is 0.276. The highest BCUT2D eigenvalue weighted by atomic mass is 79.9. The largest absolute Gasteiger partial charge is 0.492 e. The van der Waals surface area contributed by atoms with Crippen LogP contribution in [0.4, 0.5) is 0 Å². The molecule has 0 radical (unpaired) electrons. The second-order valence-corrected chi connectivity index (χ2v) is 4.41. The van der Waals surface area contributed by atoms with Crippen LogP contribution in [0.25, 0.3) is 0 Å². The summed E-state index contributed by atoms with van der Waals surface area (Å²) in [5.41, 5.74) is 0.824. The summed E-state index contributed by atoms with van der Waals surface area (Å²) in [5, 5.41) is 9.12. The molecule has 0 amide bonds. The monoisotopic (exact) mass is 296 g/mol. The maximum Gasteiger partial charge on any atom is 0.119 e. The van der Waals surface area contributed by atoms with Crippen molar-refractivity contribution in [2.75, 3.05) is 6.61 Å². The number of rotatable bonds is 5. The molecule has 0 saturated heterocycles. The van der Waals surface area contributed by atoms with Gasteiger partial charge in [-0.1, -0.05) is 15.9 Å². The zero-order chi connectivity index (χ0) is 12.1. The molecule has 1 aromatic heterocycles. The van der Waals surface area contributed by atoms with E-state index in [0.29, 0.717) is 6.61 Å². The van der Waals surface area contributed by atoms with Gasteiger partial charge in [0.25, 0.3) is 0 Å². The van der Waals surface area contributed by atoms with Crippen molar-refractivity contribution in [2.24, 2.45) is 0 Å². The normalized spacial score (nSPS) is 10.5. The first-order chi connectivity index (χ1) is 8.29. The van der Waals surface area contributed by atoms with Gasteiger partial charge < -0.3 is 14.4 Å². The summed E-state index contributed by atoms with van der Waals surface area (Å²) < 4.78 is 8.44. The quantitative estimate of drug-likeness (QED) is 0.920. The van der Waals surface area contributed by atoms with E-state index >= 15 is 0 Å². The molecule has 0 saturated carbocycles. The predicted molar refractivity (Wildman–Crippen MR) is 67.8 cm³/mol. The minimum Gasteiger partial charge on any atom is -0.492 e. The van der Waals surface area contributed by atoms with Crippen molar-refractivity contribution in [3.05, 3.63) is 47.0 Å². The Bertz CT molecular complexity index is 471. The van der Waals surface area contributed by atoms with Crippen molar-refractivity contribution in [1.29, 1.82) is 0 Å². The second-order valence-electron chi connectivity index (χ2n) is 3.56. The minimum absolute atomic E-state index is 0.000691. The average molecular weight is 297 g/mol. The first-order valence-electron chi connectivity index (χ1n) is 5.27.